The molecule has 5 heteroatoms. The van der Waals surface area contributed by atoms with Gasteiger partial charge in [0, 0.05) is 17.9 Å². The zero-order chi connectivity index (χ0) is 20.1. The lowest BCUT2D eigenvalue weighted by atomic mass is 10.0. The van der Waals surface area contributed by atoms with Crippen molar-refractivity contribution in [3.63, 3.8) is 0 Å². The van der Waals surface area contributed by atoms with Gasteiger partial charge < -0.3 is 10.1 Å². The second-order valence-electron chi connectivity index (χ2n) is 7.95. The number of esters is 1. The summed E-state index contributed by atoms with van der Waals surface area (Å²) in [6.45, 7) is 8.05. The topological polar surface area (TPSA) is 51.2 Å². The third kappa shape index (κ3) is 5.40. The molecule has 1 unspecified atom stereocenters. The van der Waals surface area contributed by atoms with Gasteiger partial charge in [0.25, 0.3) is 0 Å². The number of thiazole rings is 1. The van der Waals surface area contributed by atoms with Crippen LogP contribution >= 0.6 is 11.3 Å². The summed E-state index contributed by atoms with van der Waals surface area (Å²) in [5.41, 5.74) is 2.02. The molecule has 0 amide bonds. The van der Waals surface area contributed by atoms with Gasteiger partial charge in [-0.15, -0.1) is 11.3 Å². The third-order valence-corrected chi connectivity index (χ3v) is 5.35. The van der Waals surface area contributed by atoms with E-state index in [1.807, 2.05) is 20.8 Å². The van der Waals surface area contributed by atoms with E-state index in [0.717, 1.165) is 12.2 Å². The van der Waals surface area contributed by atoms with E-state index >= 15 is 0 Å². The molecule has 0 radical (unpaired) electrons. The summed E-state index contributed by atoms with van der Waals surface area (Å²) in [7, 11) is 0. The Morgan fingerprint density at radius 3 is 2.57 bits per heavy atom. The molecule has 1 saturated heterocycles. The number of hydrogen-bond acceptors (Lipinski definition) is 5. The van der Waals surface area contributed by atoms with Gasteiger partial charge in [-0.2, -0.15) is 0 Å². The zero-order valence-electron chi connectivity index (χ0n) is 17.0. The molecule has 1 aromatic heterocycles. The van der Waals surface area contributed by atoms with E-state index in [1.165, 1.54) is 41.1 Å². The fourth-order valence-corrected chi connectivity index (χ4v) is 4.28. The van der Waals surface area contributed by atoms with Crippen LogP contribution in [0.3, 0.4) is 0 Å². The second-order valence-corrected chi connectivity index (χ2v) is 8.84. The molecule has 1 atom stereocenters. The molecule has 2 heterocycles. The van der Waals surface area contributed by atoms with Gasteiger partial charge in [0.05, 0.1) is 11.7 Å². The normalized spacial score (nSPS) is 16.5. The fraction of sp³-hybridized carbons (Fsp3) is 0.391. The summed E-state index contributed by atoms with van der Waals surface area (Å²) >= 11 is 1.78. The number of hydrogen-bond donors (Lipinski definition) is 1. The summed E-state index contributed by atoms with van der Waals surface area (Å²) in [5, 5.41) is 9.50. The van der Waals surface area contributed by atoms with Crippen molar-refractivity contribution in [1.82, 2.24) is 10.3 Å². The average molecular weight is 397 g/mol. The fourth-order valence-electron chi connectivity index (χ4n) is 3.35. The molecular weight excluding hydrogens is 368 g/mol. The monoisotopic (exact) mass is 396 g/mol. The number of fused-ring (bicyclic) bond motifs is 1. The number of nitrogens with one attached hydrogen (secondary N) is 1. The Bertz CT molecular complexity index is 932. The van der Waals surface area contributed by atoms with E-state index in [0.29, 0.717) is 6.04 Å². The van der Waals surface area contributed by atoms with Crippen molar-refractivity contribution in [2.24, 2.45) is 0 Å². The van der Waals surface area contributed by atoms with Crippen LogP contribution in [0.5, 0.6) is 0 Å². The van der Waals surface area contributed by atoms with Gasteiger partial charge in [-0.3, -0.25) is 4.79 Å². The molecule has 28 heavy (non-hydrogen) atoms. The Hall–Kier alpha value is -2.24. The summed E-state index contributed by atoms with van der Waals surface area (Å²) in [6, 6.07) is 15.4. The zero-order valence-corrected chi connectivity index (χ0v) is 17.8. The van der Waals surface area contributed by atoms with Crippen LogP contribution in [0.25, 0.3) is 22.0 Å². The maximum absolute atomic E-state index is 10.2. The van der Waals surface area contributed by atoms with Gasteiger partial charge in [-0.25, -0.2) is 4.98 Å². The Balaban J connectivity index is 0.000000242. The van der Waals surface area contributed by atoms with Gasteiger partial charge in [-0.1, -0.05) is 42.5 Å². The Labute approximate surface area is 171 Å². The first-order chi connectivity index (χ1) is 13.3. The molecule has 2 aromatic carbocycles. The summed E-state index contributed by atoms with van der Waals surface area (Å²) in [6.07, 6.45) is 2.47. The van der Waals surface area contributed by atoms with Crippen molar-refractivity contribution in [2.45, 2.75) is 52.2 Å². The predicted octanol–water partition coefficient (Wildman–Crippen LogP) is 5.74. The number of ether oxygens (including phenoxy) is 1. The van der Waals surface area contributed by atoms with Crippen LogP contribution in [0.1, 0.15) is 51.6 Å². The van der Waals surface area contributed by atoms with E-state index in [-0.39, 0.29) is 11.6 Å². The summed E-state index contributed by atoms with van der Waals surface area (Å²) in [4.78, 5) is 15.1. The molecule has 1 fully saturated rings. The first-order valence-corrected chi connectivity index (χ1v) is 10.6. The third-order valence-electron chi connectivity index (χ3n) is 4.40. The van der Waals surface area contributed by atoms with Crippen molar-refractivity contribution < 1.29 is 9.53 Å². The van der Waals surface area contributed by atoms with Crippen molar-refractivity contribution in [3.8, 4) is 11.3 Å². The first kappa shape index (κ1) is 20.5. The molecule has 1 aliphatic rings. The maximum Gasteiger partial charge on any atom is 0.303 e. The van der Waals surface area contributed by atoms with Crippen molar-refractivity contribution >= 4 is 28.1 Å². The van der Waals surface area contributed by atoms with Crippen LogP contribution in [0.2, 0.25) is 0 Å². The van der Waals surface area contributed by atoms with E-state index < -0.39 is 0 Å². The molecule has 1 N–H and O–H groups in total. The first-order valence-electron chi connectivity index (χ1n) is 9.70. The predicted molar refractivity (Wildman–Crippen MR) is 117 cm³/mol. The van der Waals surface area contributed by atoms with Gasteiger partial charge in [-0.05, 0) is 50.9 Å². The van der Waals surface area contributed by atoms with Gasteiger partial charge >= 0.3 is 5.97 Å². The minimum Gasteiger partial charge on any atom is -0.460 e. The Morgan fingerprint density at radius 1 is 1.18 bits per heavy atom. The minimum atomic E-state index is -0.328. The highest BCUT2D eigenvalue weighted by atomic mass is 32.1. The maximum atomic E-state index is 10.2. The molecule has 0 saturated carbocycles. The highest BCUT2D eigenvalue weighted by molar-refractivity contribution is 7.10. The standard InChI is InChI=1S/C17H16N2S.C6H12O2/c1-2-7-13-12(5-1)6-3-8-14(13)16-11-20-17(19-16)15-9-4-10-18-15;1-5(7)8-6(2,3)4/h1-3,5-8,11,15,18H,4,9-10H2;1-4H3. The van der Waals surface area contributed by atoms with Crippen LogP contribution in [0.4, 0.5) is 0 Å². The molecular formula is C23H28N2O2S. The lowest BCUT2D eigenvalue weighted by Crippen LogP contribution is -2.21. The highest BCUT2D eigenvalue weighted by Gasteiger charge is 2.20. The van der Waals surface area contributed by atoms with Gasteiger partial charge in [0.15, 0.2) is 0 Å². The SMILES string of the molecule is CC(=O)OC(C)(C)C.c1ccc2c(-c3csc(C4CCCN4)n3)cccc2c1. The lowest BCUT2D eigenvalue weighted by molar-refractivity contribution is -0.151. The minimum absolute atomic E-state index is 0.225. The molecule has 0 bridgehead atoms. The van der Waals surface area contributed by atoms with Crippen molar-refractivity contribution in [3.05, 3.63) is 52.9 Å². The van der Waals surface area contributed by atoms with E-state index in [9.17, 15) is 4.79 Å². The van der Waals surface area contributed by atoms with Gasteiger partial charge in [0.2, 0.25) is 0 Å². The molecule has 4 rings (SSSR count). The van der Waals surface area contributed by atoms with Crippen LogP contribution in [0, 0.1) is 0 Å². The molecule has 148 valence electrons. The van der Waals surface area contributed by atoms with Crippen LogP contribution in [0.15, 0.2) is 47.8 Å². The van der Waals surface area contributed by atoms with Crippen molar-refractivity contribution in [1.29, 1.82) is 0 Å². The average Bonchev–Trinajstić information content (AvgIpc) is 3.31. The summed E-state index contributed by atoms with van der Waals surface area (Å²) in [5.74, 6) is -0.225. The number of aromatic nitrogens is 1. The molecule has 0 spiro atoms. The summed E-state index contributed by atoms with van der Waals surface area (Å²) < 4.78 is 4.80. The number of carbonyl (C=O) groups excluding carboxylic acids is 1. The van der Waals surface area contributed by atoms with Crippen molar-refractivity contribution in [2.75, 3.05) is 6.54 Å². The molecule has 1 aliphatic heterocycles. The number of benzene rings is 2. The number of rotatable bonds is 2. The van der Waals surface area contributed by atoms with Crippen LogP contribution in [-0.4, -0.2) is 23.1 Å². The quantitative estimate of drug-likeness (QED) is 0.562. The van der Waals surface area contributed by atoms with E-state index in [2.05, 4.69) is 53.2 Å². The molecule has 3 aromatic rings. The van der Waals surface area contributed by atoms with Crippen LogP contribution < -0.4 is 5.32 Å². The van der Waals surface area contributed by atoms with Crippen LogP contribution in [-0.2, 0) is 9.53 Å². The van der Waals surface area contributed by atoms with Gasteiger partial charge in [0.1, 0.15) is 10.6 Å². The van der Waals surface area contributed by atoms with E-state index in [4.69, 9.17) is 9.72 Å². The number of carbonyl (C=O) groups is 1. The Kier molecular flexibility index (Phi) is 6.47. The molecule has 0 aliphatic carbocycles. The smallest absolute Gasteiger partial charge is 0.303 e. The van der Waals surface area contributed by atoms with E-state index in [1.54, 1.807) is 11.3 Å². The second kappa shape index (κ2) is 8.84. The number of nitrogens with zero attached hydrogens (tertiary/aromatic N) is 1. The highest BCUT2D eigenvalue weighted by Crippen LogP contribution is 2.33. The molecule has 4 nitrogen and oxygen atoms in total. The lowest BCUT2D eigenvalue weighted by Gasteiger charge is -2.17. The largest absolute Gasteiger partial charge is 0.460 e. The Morgan fingerprint density at radius 2 is 1.93 bits per heavy atom.